The molecule has 0 spiro atoms. The Hall–Kier alpha value is -2.83. The SMILES string of the molecule is N=CCC(NC(=O)C1CCCC1)c1nnc(-c2ccccc2)[nH]c1=O. The van der Waals surface area contributed by atoms with Crippen molar-refractivity contribution in [3.8, 4) is 11.4 Å². The molecule has 0 saturated heterocycles. The summed E-state index contributed by atoms with van der Waals surface area (Å²) in [5.41, 5.74) is 0.499. The molecule has 0 bridgehead atoms. The lowest BCUT2D eigenvalue weighted by Crippen LogP contribution is -2.37. The van der Waals surface area contributed by atoms with Crippen molar-refractivity contribution in [2.45, 2.75) is 38.1 Å². The number of aromatic nitrogens is 3. The number of aromatic amines is 1. The Bertz CT molecular complexity index is 797. The van der Waals surface area contributed by atoms with Gasteiger partial charge in [0.25, 0.3) is 5.56 Å². The molecule has 1 fully saturated rings. The second kappa shape index (κ2) is 7.83. The molecule has 1 aromatic heterocycles. The van der Waals surface area contributed by atoms with Crippen LogP contribution in [-0.4, -0.2) is 27.3 Å². The van der Waals surface area contributed by atoms with E-state index in [2.05, 4.69) is 20.5 Å². The summed E-state index contributed by atoms with van der Waals surface area (Å²) in [6.45, 7) is 0. The third kappa shape index (κ3) is 3.99. The first-order valence-corrected chi connectivity index (χ1v) is 8.50. The normalized spacial score (nSPS) is 15.7. The second-order valence-corrected chi connectivity index (χ2v) is 6.24. The molecule has 25 heavy (non-hydrogen) atoms. The maximum absolute atomic E-state index is 12.4. The van der Waals surface area contributed by atoms with Gasteiger partial charge in [0, 0.05) is 17.9 Å². The first kappa shape index (κ1) is 17.0. The monoisotopic (exact) mass is 339 g/mol. The van der Waals surface area contributed by atoms with E-state index in [9.17, 15) is 9.59 Å². The zero-order valence-electron chi connectivity index (χ0n) is 13.9. The Kier molecular flexibility index (Phi) is 5.33. The van der Waals surface area contributed by atoms with Gasteiger partial charge in [-0.15, -0.1) is 10.2 Å². The highest BCUT2D eigenvalue weighted by atomic mass is 16.2. The Morgan fingerprint density at radius 3 is 2.64 bits per heavy atom. The molecule has 3 rings (SSSR count). The molecule has 1 saturated carbocycles. The predicted molar refractivity (Wildman–Crippen MR) is 94.3 cm³/mol. The van der Waals surface area contributed by atoms with Crippen molar-refractivity contribution in [1.29, 1.82) is 5.41 Å². The molecule has 7 heteroatoms. The van der Waals surface area contributed by atoms with Gasteiger partial charge in [-0.1, -0.05) is 43.2 Å². The number of nitrogens with zero attached hydrogens (tertiary/aromatic N) is 2. The summed E-state index contributed by atoms with van der Waals surface area (Å²) in [6.07, 6.45) is 5.24. The van der Waals surface area contributed by atoms with Crippen molar-refractivity contribution >= 4 is 12.1 Å². The third-order valence-electron chi connectivity index (χ3n) is 4.50. The van der Waals surface area contributed by atoms with E-state index in [-0.39, 0.29) is 23.9 Å². The Morgan fingerprint density at radius 2 is 2.00 bits per heavy atom. The van der Waals surface area contributed by atoms with Crippen molar-refractivity contribution in [2.75, 3.05) is 0 Å². The van der Waals surface area contributed by atoms with Gasteiger partial charge in [-0.25, -0.2) is 0 Å². The number of nitrogens with one attached hydrogen (secondary N) is 3. The standard InChI is InChI=1S/C18H21N5O2/c19-11-10-14(20-17(24)13-8-4-5-9-13)15-18(25)21-16(23-22-15)12-6-2-1-3-7-12/h1-3,6-7,11,13-14,19H,4-5,8-10H2,(H,20,24)(H,21,23,25). The number of hydrogen-bond acceptors (Lipinski definition) is 5. The highest BCUT2D eigenvalue weighted by Gasteiger charge is 2.26. The van der Waals surface area contributed by atoms with Crippen LogP contribution in [-0.2, 0) is 4.79 Å². The number of benzene rings is 1. The zero-order chi connectivity index (χ0) is 17.6. The summed E-state index contributed by atoms with van der Waals surface area (Å²) >= 11 is 0. The molecule has 2 aromatic rings. The average molecular weight is 339 g/mol. The van der Waals surface area contributed by atoms with E-state index in [1.54, 1.807) is 0 Å². The molecular formula is C18H21N5O2. The Labute approximate surface area is 145 Å². The fraction of sp³-hybridized carbons (Fsp3) is 0.389. The molecule has 7 nitrogen and oxygen atoms in total. The summed E-state index contributed by atoms with van der Waals surface area (Å²) in [4.78, 5) is 27.5. The van der Waals surface area contributed by atoms with E-state index in [4.69, 9.17) is 5.41 Å². The molecule has 1 aliphatic carbocycles. The van der Waals surface area contributed by atoms with Gasteiger partial charge < -0.3 is 15.7 Å². The van der Waals surface area contributed by atoms with Crippen molar-refractivity contribution in [2.24, 2.45) is 5.92 Å². The van der Waals surface area contributed by atoms with Crippen LogP contribution in [0, 0.1) is 11.3 Å². The van der Waals surface area contributed by atoms with Gasteiger partial charge in [0.15, 0.2) is 11.5 Å². The molecule has 0 aliphatic heterocycles. The van der Waals surface area contributed by atoms with Gasteiger partial charge in [-0.3, -0.25) is 9.59 Å². The van der Waals surface area contributed by atoms with Crippen LogP contribution in [0.25, 0.3) is 11.4 Å². The molecule has 0 radical (unpaired) electrons. The average Bonchev–Trinajstić information content (AvgIpc) is 3.17. The molecule has 1 heterocycles. The number of hydrogen-bond donors (Lipinski definition) is 3. The Balaban J connectivity index is 1.82. The summed E-state index contributed by atoms with van der Waals surface area (Å²) in [7, 11) is 0. The summed E-state index contributed by atoms with van der Waals surface area (Å²) in [6, 6.07) is 8.60. The zero-order valence-corrected chi connectivity index (χ0v) is 13.9. The van der Waals surface area contributed by atoms with E-state index in [1.165, 1.54) is 6.21 Å². The number of amides is 1. The van der Waals surface area contributed by atoms with E-state index in [0.29, 0.717) is 5.82 Å². The van der Waals surface area contributed by atoms with E-state index >= 15 is 0 Å². The Morgan fingerprint density at radius 1 is 1.28 bits per heavy atom. The minimum absolute atomic E-state index is 0.0103. The number of carbonyl (C=O) groups is 1. The van der Waals surface area contributed by atoms with Gasteiger partial charge >= 0.3 is 0 Å². The van der Waals surface area contributed by atoms with Crippen molar-refractivity contribution in [1.82, 2.24) is 20.5 Å². The molecule has 1 unspecified atom stereocenters. The lowest BCUT2D eigenvalue weighted by molar-refractivity contribution is -0.125. The molecule has 1 aliphatic rings. The predicted octanol–water partition coefficient (Wildman–Crippen LogP) is 2.22. The van der Waals surface area contributed by atoms with Crippen LogP contribution in [0.3, 0.4) is 0 Å². The lowest BCUT2D eigenvalue weighted by Gasteiger charge is -2.18. The first-order chi connectivity index (χ1) is 12.2. The molecule has 1 atom stereocenters. The van der Waals surface area contributed by atoms with Gasteiger partial charge in [0.2, 0.25) is 5.91 Å². The molecular weight excluding hydrogens is 318 g/mol. The molecule has 3 N–H and O–H groups in total. The minimum Gasteiger partial charge on any atom is -0.347 e. The molecule has 1 aromatic carbocycles. The summed E-state index contributed by atoms with van der Waals surface area (Å²) < 4.78 is 0. The minimum atomic E-state index is -0.633. The lowest BCUT2D eigenvalue weighted by atomic mass is 10.1. The van der Waals surface area contributed by atoms with Crippen molar-refractivity contribution < 1.29 is 4.79 Å². The third-order valence-corrected chi connectivity index (χ3v) is 4.50. The summed E-state index contributed by atoms with van der Waals surface area (Å²) in [5.74, 6) is 0.298. The number of carbonyl (C=O) groups excluding carboxylic acids is 1. The van der Waals surface area contributed by atoms with E-state index in [1.807, 2.05) is 30.3 Å². The van der Waals surface area contributed by atoms with E-state index in [0.717, 1.165) is 31.2 Å². The topological polar surface area (TPSA) is 112 Å². The van der Waals surface area contributed by atoms with Crippen LogP contribution in [0.5, 0.6) is 0 Å². The number of H-pyrrole nitrogens is 1. The second-order valence-electron chi connectivity index (χ2n) is 6.24. The quantitative estimate of drug-likeness (QED) is 0.701. The first-order valence-electron chi connectivity index (χ1n) is 8.50. The highest BCUT2D eigenvalue weighted by molar-refractivity contribution is 5.79. The van der Waals surface area contributed by atoms with Crippen LogP contribution >= 0.6 is 0 Å². The van der Waals surface area contributed by atoms with E-state index < -0.39 is 11.6 Å². The molecule has 1 amide bonds. The maximum atomic E-state index is 12.4. The maximum Gasteiger partial charge on any atom is 0.275 e. The smallest absolute Gasteiger partial charge is 0.275 e. The van der Waals surface area contributed by atoms with Gasteiger partial charge in [-0.05, 0) is 19.1 Å². The van der Waals surface area contributed by atoms with Gasteiger partial charge in [-0.2, -0.15) is 0 Å². The van der Waals surface area contributed by atoms with Crippen molar-refractivity contribution in [3.05, 3.63) is 46.4 Å². The van der Waals surface area contributed by atoms with Crippen LogP contribution in [0.4, 0.5) is 0 Å². The fourth-order valence-electron chi connectivity index (χ4n) is 3.13. The van der Waals surface area contributed by atoms with Crippen molar-refractivity contribution in [3.63, 3.8) is 0 Å². The van der Waals surface area contributed by atoms with Crippen LogP contribution < -0.4 is 10.9 Å². The van der Waals surface area contributed by atoms with Gasteiger partial charge in [0.1, 0.15) is 0 Å². The molecule has 130 valence electrons. The van der Waals surface area contributed by atoms with Crippen LogP contribution in [0.2, 0.25) is 0 Å². The summed E-state index contributed by atoms with van der Waals surface area (Å²) in [5, 5.41) is 18.3. The van der Waals surface area contributed by atoms with Crippen LogP contribution in [0.15, 0.2) is 35.1 Å². The van der Waals surface area contributed by atoms with Gasteiger partial charge in [0.05, 0.1) is 6.04 Å². The highest BCUT2D eigenvalue weighted by Crippen LogP contribution is 2.25. The van der Waals surface area contributed by atoms with Crippen LogP contribution in [0.1, 0.15) is 43.8 Å². The fourth-order valence-corrected chi connectivity index (χ4v) is 3.13. The largest absolute Gasteiger partial charge is 0.347 e. The number of rotatable bonds is 6.